The summed E-state index contributed by atoms with van der Waals surface area (Å²) in [5.41, 5.74) is 4.15. The van der Waals surface area contributed by atoms with Gasteiger partial charge in [-0.15, -0.1) is 0 Å². The second-order valence-corrected chi connectivity index (χ2v) is 6.98. The maximum Gasteiger partial charge on any atom is 0.285 e. The summed E-state index contributed by atoms with van der Waals surface area (Å²) in [6, 6.07) is 11.6. The zero-order chi connectivity index (χ0) is 20.0. The maximum atomic E-state index is 13.1. The lowest BCUT2D eigenvalue weighted by atomic mass is 10.1. The molecule has 0 saturated carbocycles. The summed E-state index contributed by atoms with van der Waals surface area (Å²) < 4.78 is 3.15. The molecule has 28 heavy (non-hydrogen) atoms. The average Bonchev–Trinajstić information content (AvgIpc) is 3.14. The third-order valence-corrected chi connectivity index (χ3v) is 4.82. The van der Waals surface area contributed by atoms with Crippen molar-refractivity contribution in [3.05, 3.63) is 75.5 Å². The van der Waals surface area contributed by atoms with E-state index in [1.165, 1.54) is 4.52 Å². The van der Waals surface area contributed by atoms with Crippen LogP contribution in [-0.4, -0.2) is 25.1 Å². The zero-order valence-electron chi connectivity index (χ0n) is 16.2. The van der Waals surface area contributed by atoms with Crippen molar-refractivity contribution in [2.75, 3.05) is 5.32 Å². The summed E-state index contributed by atoms with van der Waals surface area (Å²) in [5, 5.41) is 5.86. The smallest absolute Gasteiger partial charge is 0.285 e. The van der Waals surface area contributed by atoms with Gasteiger partial charge in [-0.2, -0.15) is 0 Å². The van der Waals surface area contributed by atoms with Gasteiger partial charge in [0, 0.05) is 24.5 Å². The van der Waals surface area contributed by atoms with Gasteiger partial charge in [-0.3, -0.25) is 14.7 Å². The van der Waals surface area contributed by atoms with Crippen molar-refractivity contribution in [3.63, 3.8) is 0 Å². The zero-order valence-corrected chi connectivity index (χ0v) is 16.2. The van der Waals surface area contributed by atoms with Crippen LogP contribution in [0.1, 0.15) is 27.3 Å². The Kier molecular flexibility index (Phi) is 4.15. The Bertz CT molecular complexity index is 1260. The summed E-state index contributed by atoms with van der Waals surface area (Å²) in [4.78, 5) is 30.5. The molecule has 0 aliphatic carbocycles. The maximum absolute atomic E-state index is 13.1. The van der Waals surface area contributed by atoms with Crippen LogP contribution in [0.15, 0.2) is 47.4 Å². The van der Waals surface area contributed by atoms with Gasteiger partial charge in [0.25, 0.3) is 11.5 Å². The van der Waals surface area contributed by atoms with Gasteiger partial charge in [0.2, 0.25) is 0 Å². The quantitative estimate of drug-likeness (QED) is 0.577. The van der Waals surface area contributed by atoms with Crippen LogP contribution in [0.3, 0.4) is 0 Å². The molecular formula is C21H21N5O2. The van der Waals surface area contributed by atoms with Crippen molar-refractivity contribution in [2.24, 2.45) is 7.05 Å². The van der Waals surface area contributed by atoms with Crippen LogP contribution in [0, 0.1) is 20.8 Å². The van der Waals surface area contributed by atoms with Crippen molar-refractivity contribution in [2.45, 2.75) is 20.8 Å². The molecule has 0 atom stereocenters. The minimum atomic E-state index is -0.473. The van der Waals surface area contributed by atoms with Crippen molar-refractivity contribution < 1.29 is 4.79 Å². The molecule has 0 unspecified atom stereocenters. The number of nitrogens with zero attached hydrogens (tertiary/aromatic N) is 3. The number of aromatic amines is 1. The molecule has 7 heteroatoms. The van der Waals surface area contributed by atoms with Crippen LogP contribution < -0.4 is 10.9 Å². The molecule has 0 radical (unpaired) electrons. The summed E-state index contributed by atoms with van der Waals surface area (Å²) >= 11 is 0. The molecule has 1 amide bonds. The molecule has 2 N–H and O–H groups in total. The van der Waals surface area contributed by atoms with E-state index < -0.39 is 11.5 Å². The predicted molar refractivity (Wildman–Crippen MR) is 109 cm³/mol. The number of aryl methyl sites for hydroxylation is 4. The first kappa shape index (κ1) is 17.8. The van der Waals surface area contributed by atoms with Crippen LogP contribution in [0.2, 0.25) is 0 Å². The molecule has 4 rings (SSSR count). The van der Waals surface area contributed by atoms with E-state index in [4.69, 9.17) is 0 Å². The first-order valence-corrected chi connectivity index (χ1v) is 8.98. The number of rotatable bonds is 3. The Morgan fingerprint density at radius 3 is 2.50 bits per heavy atom. The number of hydrogen-bond acceptors (Lipinski definition) is 3. The van der Waals surface area contributed by atoms with E-state index in [9.17, 15) is 9.59 Å². The lowest BCUT2D eigenvalue weighted by molar-refractivity contribution is 0.102. The lowest BCUT2D eigenvalue weighted by Gasteiger charge is -2.08. The summed E-state index contributed by atoms with van der Waals surface area (Å²) in [6.45, 7) is 5.51. The molecule has 0 aliphatic heterocycles. The monoisotopic (exact) mass is 375 g/mol. The number of anilines is 1. The van der Waals surface area contributed by atoms with Crippen molar-refractivity contribution in [3.8, 4) is 11.1 Å². The van der Waals surface area contributed by atoms with Crippen LogP contribution in [0.25, 0.3) is 16.8 Å². The highest BCUT2D eigenvalue weighted by atomic mass is 16.2. The number of aromatic nitrogens is 4. The van der Waals surface area contributed by atoms with Crippen LogP contribution >= 0.6 is 0 Å². The molecule has 1 aromatic carbocycles. The van der Waals surface area contributed by atoms with Gasteiger partial charge in [-0.1, -0.05) is 30.3 Å². The molecular weight excluding hydrogens is 354 g/mol. The van der Waals surface area contributed by atoms with Gasteiger partial charge in [-0.05, 0) is 38.0 Å². The normalized spacial score (nSPS) is 11.1. The fraction of sp³-hybridized carbons (Fsp3) is 0.190. The fourth-order valence-electron chi connectivity index (χ4n) is 3.53. The van der Waals surface area contributed by atoms with Gasteiger partial charge in [-0.25, -0.2) is 9.50 Å². The molecule has 142 valence electrons. The van der Waals surface area contributed by atoms with Crippen LogP contribution in [-0.2, 0) is 7.05 Å². The second-order valence-electron chi connectivity index (χ2n) is 6.98. The molecule has 3 heterocycles. The number of fused-ring (bicyclic) bond motifs is 1. The molecule has 4 aromatic rings. The van der Waals surface area contributed by atoms with Crippen molar-refractivity contribution in [1.82, 2.24) is 19.2 Å². The Hall–Kier alpha value is -3.61. The summed E-state index contributed by atoms with van der Waals surface area (Å²) in [5.74, 6) is 0.151. The number of carbonyl (C=O) groups is 1. The Morgan fingerprint density at radius 1 is 1.14 bits per heavy atom. The van der Waals surface area contributed by atoms with E-state index in [1.54, 1.807) is 11.5 Å². The molecule has 7 nitrogen and oxygen atoms in total. The van der Waals surface area contributed by atoms with Gasteiger partial charge in [0.1, 0.15) is 11.4 Å². The van der Waals surface area contributed by atoms with E-state index >= 15 is 0 Å². The number of carbonyl (C=O) groups excluding carboxylic acids is 1. The van der Waals surface area contributed by atoms with E-state index in [2.05, 4.69) is 15.4 Å². The van der Waals surface area contributed by atoms with Crippen LogP contribution in [0.4, 0.5) is 5.82 Å². The highest BCUT2D eigenvalue weighted by Crippen LogP contribution is 2.26. The molecule has 0 bridgehead atoms. The summed E-state index contributed by atoms with van der Waals surface area (Å²) in [7, 11) is 1.84. The minimum absolute atomic E-state index is 0.0252. The predicted octanol–water partition coefficient (Wildman–Crippen LogP) is 3.21. The van der Waals surface area contributed by atoms with E-state index in [0.717, 1.165) is 22.4 Å². The first-order valence-electron chi connectivity index (χ1n) is 8.98. The average molecular weight is 375 g/mol. The van der Waals surface area contributed by atoms with Crippen LogP contribution in [0.5, 0.6) is 0 Å². The Balaban J connectivity index is 1.85. The number of H-pyrrole nitrogens is 1. The number of nitrogens with one attached hydrogen (secondary N) is 2. The number of benzene rings is 1. The largest absolute Gasteiger partial charge is 0.337 e. The van der Waals surface area contributed by atoms with E-state index in [-0.39, 0.29) is 5.56 Å². The Morgan fingerprint density at radius 2 is 1.86 bits per heavy atom. The first-order chi connectivity index (χ1) is 13.4. The van der Waals surface area contributed by atoms with Crippen molar-refractivity contribution >= 4 is 17.4 Å². The number of amides is 1. The van der Waals surface area contributed by atoms with Gasteiger partial charge >= 0.3 is 0 Å². The van der Waals surface area contributed by atoms with E-state index in [0.29, 0.717) is 17.2 Å². The molecule has 3 aromatic heterocycles. The molecule has 0 spiro atoms. The highest BCUT2D eigenvalue weighted by molar-refractivity contribution is 6.04. The van der Waals surface area contributed by atoms with E-state index in [1.807, 2.05) is 63.5 Å². The minimum Gasteiger partial charge on any atom is -0.337 e. The number of hydrogen-bond donors (Lipinski definition) is 2. The second kappa shape index (κ2) is 6.53. The third-order valence-electron chi connectivity index (χ3n) is 4.82. The Labute approximate surface area is 161 Å². The third kappa shape index (κ3) is 2.81. The highest BCUT2D eigenvalue weighted by Gasteiger charge is 2.22. The van der Waals surface area contributed by atoms with Gasteiger partial charge in [0.05, 0.1) is 5.69 Å². The molecule has 0 saturated heterocycles. The van der Waals surface area contributed by atoms with Gasteiger partial charge < -0.3 is 9.88 Å². The summed E-state index contributed by atoms with van der Waals surface area (Å²) in [6.07, 6.45) is 1.90. The van der Waals surface area contributed by atoms with Crippen molar-refractivity contribution in [1.29, 1.82) is 0 Å². The molecule has 0 aliphatic rings. The SMILES string of the molecule is Cc1cc(NC(=O)c2c(C)nc3c(-c4ccccc4)c(C)[nH]n3c2=O)n(C)c1. The van der Waals surface area contributed by atoms with Gasteiger partial charge in [0.15, 0.2) is 5.65 Å². The molecule has 0 fully saturated rings. The topological polar surface area (TPSA) is 84.2 Å². The standard InChI is InChI=1S/C21H21N5O2/c1-12-10-16(25(4)11-12)23-20(27)18-13(2)22-19-17(15-8-6-5-7-9-15)14(3)24-26(19)21(18)28/h5-11,24H,1-4H3,(H,23,27). The lowest BCUT2D eigenvalue weighted by Crippen LogP contribution is -2.29. The fourth-order valence-corrected chi connectivity index (χ4v) is 3.53.